The van der Waals surface area contributed by atoms with Gasteiger partial charge in [-0.2, -0.15) is 0 Å². The third kappa shape index (κ3) is 3.56. The molecule has 166 valence electrons. The number of pyridine rings is 1. The average Bonchev–Trinajstić information content (AvgIpc) is 3.25. The van der Waals surface area contributed by atoms with Gasteiger partial charge in [-0.1, -0.05) is 18.2 Å². The molecular weight excluding hydrogens is 413 g/mol. The molecule has 0 aliphatic carbocycles. The van der Waals surface area contributed by atoms with Crippen LogP contribution in [0.4, 0.5) is 4.39 Å². The van der Waals surface area contributed by atoms with Crippen LogP contribution in [0.1, 0.15) is 35.0 Å². The van der Waals surface area contributed by atoms with E-state index < -0.39 is 23.5 Å². The van der Waals surface area contributed by atoms with Crippen LogP contribution in [0.3, 0.4) is 0 Å². The normalized spacial score (nSPS) is 18.1. The minimum absolute atomic E-state index is 0.0526. The summed E-state index contributed by atoms with van der Waals surface area (Å²) >= 11 is 0. The van der Waals surface area contributed by atoms with Crippen molar-refractivity contribution >= 4 is 23.1 Å². The number of fused-ring (bicyclic) bond motifs is 1. The average molecular weight is 437 g/mol. The lowest BCUT2D eigenvalue weighted by atomic mass is 9.96. The summed E-state index contributed by atoms with van der Waals surface area (Å²) in [4.78, 5) is 31.9. The Labute approximate surface area is 184 Å². The molecule has 1 saturated heterocycles. The molecule has 1 aliphatic rings. The summed E-state index contributed by atoms with van der Waals surface area (Å²) in [6, 6.07) is 8.49. The van der Waals surface area contributed by atoms with Crippen molar-refractivity contribution in [1.29, 1.82) is 0 Å². The largest absolute Gasteiger partial charge is 0.505 e. The summed E-state index contributed by atoms with van der Waals surface area (Å²) in [5, 5.41) is 11.3. The highest BCUT2D eigenvalue weighted by Gasteiger charge is 2.46. The second-order valence-corrected chi connectivity index (χ2v) is 7.82. The number of rotatable bonds is 6. The molecule has 1 atom stereocenters. The number of imidazole rings is 1. The van der Waals surface area contributed by atoms with E-state index in [-0.39, 0.29) is 23.6 Å². The van der Waals surface area contributed by atoms with Crippen molar-refractivity contribution in [2.24, 2.45) is 0 Å². The molecule has 0 spiro atoms. The Hall–Kier alpha value is -3.52. The van der Waals surface area contributed by atoms with Gasteiger partial charge in [0.25, 0.3) is 11.7 Å². The number of ether oxygens (including phenoxy) is 1. The number of aromatic nitrogens is 2. The lowest BCUT2D eigenvalue weighted by molar-refractivity contribution is -0.140. The highest BCUT2D eigenvalue weighted by molar-refractivity contribution is 6.46. The first-order valence-electron chi connectivity index (χ1n) is 10.3. The molecule has 1 amide bonds. The summed E-state index contributed by atoms with van der Waals surface area (Å²) in [7, 11) is 1.56. The number of benzene rings is 1. The number of aryl methyl sites for hydroxylation is 2. The van der Waals surface area contributed by atoms with Gasteiger partial charge in [0.2, 0.25) is 0 Å². The molecule has 8 heteroatoms. The fourth-order valence-corrected chi connectivity index (χ4v) is 4.16. The van der Waals surface area contributed by atoms with Gasteiger partial charge in [-0.15, -0.1) is 0 Å². The van der Waals surface area contributed by atoms with Crippen molar-refractivity contribution in [3.8, 4) is 0 Å². The van der Waals surface area contributed by atoms with Crippen LogP contribution in [0.25, 0.3) is 11.4 Å². The Morgan fingerprint density at radius 1 is 1.19 bits per heavy atom. The van der Waals surface area contributed by atoms with E-state index in [4.69, 9.17) is 4.74 Å². The molecule has 7 nitrogen and oxygen atoms in total. The molecule has 2 aromatic heterocycles. The lowest BCUT2D eigenvalue weighted by Crippen LogP contribution is -2.31. The van der Waals surface area contributed by atoms with Gasteiger partial charge < -0.3 is 19.1 Å². The van der Waals surface area contributed by atoms with Crippen molar-refractivity contribution in [2.45, 2.75) is 26.3 Å². The Kier molecular flexibility index (Phi) is 5.80. The molecule has 3 aromatic rings. The van der Waals surface area contributed by atoms with E-state index in [1.54, 1.807) is 14.0 Å². The van der Waals surface area contributed by atoms with Gasteiger partial charge in [-0.25, -0.2) is 9.37 Å². The number of nitrogens with zero attached hydrogens (tertiary/aromatic N) is 3. The van der Waals surface area contributed by atoms with Crippen molar-refractivity contribution in [1.82, 2.24) is 14.3 Å². The van der Waals surface area contributed by atoms with E-state index in [0.717, 1.165) is 5.56 Å². The van der Waals surface area contributed by atoms with Gasteiger partial charge in [-0.3, -0.25) is 9.59 Å². The minimum Gasteiger partial charge on any atom is -0.505 e. The van der Waals surface area contributed by atoms with Crippen LogP contribution < -0.4 is 0 Å². The molecule has 4 rings (SSSR count). The monoisotopic (exact) mass is 437 g/mol. The number of likely N-dealkylation sites (tertiary alicyclic amines) is 1. The number of ketones is 1. The molecule has 1 aromatic carbocycles. The number of Topliss-reactive ketones (excluding diaryl/α,β-unsaturated/α-hetero) is 1. The molecule has 3 heterocycles. The molecular formula is C24H24FN3O4. The Morgan fingerprint density at radius 2 is 1.91 bits per heavy atom. The van der Waals surface area contributed by atoms with Crippen LogP contribution in [0.5, 0.6) is 0 Å². The van der Waals surface area contributed by atoms with Crippen molar-refractivity contribution in [3.63, 3.8) is 0 Å². The Balaban J connectivity index is 1.89. The Bertz CT molecular complexity index is 1230. The smallest absolute Gasteiger partial charge is 0.295 e. The highest BCUT2D eigenvalue weighted by Crippen LogP contribution is 2.40. The SMILES string of the molecule is COCCCN1C(=O)C(=O)/C(=C(/O)c2nc3c(C)cccn3c2C)C1c1ccc(F)cc1. The maximum atomic E-state index is 13.6. The molecule has 1 fully saturated rings. The summed E-state index contributed by atoms with van der Waals surface area (Å²) in [6.07, 6.45) is 2.33. The number of aliphatic hydroxyl groups excluding tert-OH is 1. The maximum absolute atomic E-state index is 13.6. The number of methoxy groups -OCH3 is 1. The van der Waals surface area contributed by atoms with Crippen molar-refractivity contribution in [2.75, 3.05) is 20.3 Å². The van der Waals surface area contributed by atoms with Crippen molar-refractivity contribution in [3.05, 3.63) is 76.5 Å². The van der Waals surface area contributed by atoms with E-state index in [1.165, 1.54) is 29.2 Å². The quantitative estimate of drug-likeness (QED) is 0.276. The number of hydrogen-bond donors (Lipinski definition) is 1. The van der Waals surface area contributed by atoms with Gasteiger partial charge in [0, 0.05) is 26.5 Å². The van der Waals surface area contributed by atoms with Crippen LogP contribution in [-0.2, 0) is 14.3 Å². The standard InChI is InChI=1S/C24H24FN3O4/c1-14-6-4-11-27-15(2)19(26-23(14)27)21(29)18-20(16-7-9-17(25)10-8-16)28(12-5-13-32-3)24(31)22(18)30/h4,6-11,20,29H,5,12-13H2,1-3H3/b21-18+. The van der Waals surface area contributed by atoms with E-state index in [9.17, 15) is 19.1 Å². The number of hydrogen-bond acceptors (Lipinski definition) is 5. The van der Waals surface area contributed by atoms with Crippen LogP contribution in [0, 0.1) is 19.7 Å². The number of halogens is 1. The first kappa shape index (κ1) is 21.7. The molecule has 32 heavy (non-hydrogen) atoms. The summed E-state index contributed by atoms with van der Waals surface area (Å²) in [5.41, 5.74) is 2.92. The van der Waals surface area contributed by atoms with Crippen LogP contribution >= 0.6 is 0 Å². The van der Waals surface area contributed by atoms with Crippen molar-refractivity contribution < 1.29 is 23.8 Å². The second kappa shape index (κ2) is 8.55. The molecule has 1 N–H and O–H groups in total. The van der Waals surface area contributed by atoms with Gasteiger partial charge >= 0.3 is 0 Å². The van der Waals surface area contributed by atoms with E-state index in [0.29, 0.717) is 29.9 Å². The molecule has 0 saturated carbocycles. The van der Waals surface area contributed by atoms with Gasteiger partial charge in [0.15, 0.2) is 5.76 Å². The number of carbonyl (C=O) groups excluding carboxylic acids is 2. The topological polar surface area (TPSA) is 84.1 Å². The summed E-state index contributed by atoms with van der Waals surface area (Å²) < 4.78 is 20.5. The molecule has 0 radical (unpaired) electrons. The molecule has 0 bridgehead atoms. The molecule has 1 aliphatic heterocycles. The predicted molar refractivity (Wildman–Crippen MR) is 117 cm³/mol. The summed E-state index contributed by atoms with van der Waals surface area (Å²) in [5.74, 6) is -2.28. The van der Waals surface area contributed by atoms with Gasteiger partial charge in [0.05, 0.1) is 17.3 Å². The Morgan fingerprint density at radius 3 is 2.56 bits per heavy atom. The van der Waals surface area contributed by atoms with Gasteiger partial charge in [-0.05, 0) is 49.6 Å². The second-order valence-electron chi connectivity index (χ2n) is 7.82. The van der Waals surface area contributed by atoms with Gasteiger partial charge in [0.1, 0.15) is 17.2 Å². The lowest BCUT2D eigenvalue weighted by Gasteiger charge is -2.25. The fourth-order valence-electron chi connectivity index (χ4n) is 4.16. The number of carbonyl (C=O) groups is 2. The molecule has 1 unspecified atom stereocenters. The van der Waals surface area contributed by atoms with E-state index in [2.05, 4.69) is 4.98 Å². The third-order valence-corrected chi connectivity index (χ3v) is 5.78. The zero-order valence-corrected chi connectivity index (χ0v) is 18.1. The zero-order valence-electron chi connectivity index (χ0n) is 18.1. The first-order valence-corrected chi connectivity index (χ1v) is 10.3. The zero-order chi connectivity index (χ0) is 23.0. The number of aliphatic hydroxyl groups is 1. The maximum Gasteiger partial charge on any atom is 0.295 e. The first-order chi connectivity index (χ1) is 15.3. The highest BCUT2D eigenvalue weighted by atomic mass is 19.1. The summed E-state index contributed by atoms with van der Waals surface area (Å²) in [6.45, 7) is 4.35. The number of amides is 1. The van der Waals surface area contributed by atoms with Crippen LogP contribution in [-0.4, -0.2) is 51.3 Å². The predicted octanol–water partition coefficient (Wildman–Crippen LogP) is 3.55. The third-order valence-electron chi connectivity index (χ3n) is 5.78. The minimum atomic E-state index is -0.849. The van der Waals surface area contributed by atoms with Crippen LogP contribution in [0.2, 0.25) is 0 Å². The van der Waals surface area contributed by atoms with E-state index in [1.807, 2.05) is 29.7 Å². The van der Waals surface area contributed by atoms with E-state index >= 15 is 0 Å². The fraction of sp³-hybridized carbons (Fsp3) is 0.292. The van der Waals surface area contributed by atoms with Crippen LogP contribution in [0.15, 0.2) is 48.2 Å².